The summed E-state index contributed by atoms with van der Waals surface area (Å²) >= 11 is 0. The molecule has 0 aliphatic heterocycles. The van der Waals surface area contributed by atoms with Crippen LogP contribution in [0.4, 0.5) is 11.5 Å². The summed E-state index contributed by atoms with van der Waals surface area (Å²) in [5, 5.41) is 13.8. The fourth-order valence-corrected chi connectivity index (χ4v) is 2.14. The molecular weight excluding hydrogens is 206 g/mol. The quantitative estimate of drug-likeness (QED) is 0.626. The van der Waals surface area contributed by atoms with Crippen molar-refractivity contribution in [1.82, 2.24) is 4.98 Å². The number of nitrogens with one attached hydrogen (secondary N) is 1. The molecule has 1 fully saturated rings. The molecular formula is C11H15N3O2. The van der Waals surface area contributed by atoms with Crippen molar-refractivity contribution in [1.29, 1.82) is 0 Å². The third-order valence-electron chi connectivity index (χ3n) is 3.02. The third kappa shape index (κ3) is 2.48. The van der Waals surface area contributed by atoms with Gasteiger partial charge in [-0.2, -0.15) is 0 Å². The Morgan fingerprint density at radius 2 is 2.25 bits per heavy atom. The summed E-state index contributed by atoms with van der Waals surface area (Å²) in [5.41, 5.74) is 0.0560. The van der Waals surface area contributed by atoms with Gasteiger partial charge >= 0.3 is 5.69 Å². The van der Waals surface area contributed by atoms with Gasteiger partial charge in [-0.3, -0.25) is 10.1 Å². The van der Waals surface area contributed by atoms with Gasteiger partial charge in [0.25, 0.3) is 0 Å². The maximum absolute atomic E-state index is 10.7. The maximum atomic E-state index is 10.7. The van der Waals surface area contributed by atoms with Gasteiger partial charge in [0, 0.05) is 18.8 Å². The zero-order valence-electron chi connectivity index (χ0n) is 9.06. The maximum Gasteiger partial charge on any atom is 0.311 e. The Hall–Kier alpha value is -1.65. The molecule has 0 radical (unpaired) electrons. The third-order valence-corrected chi connectivity index (χ3v) is 3.02. The van der Waals surface area contributed by atoms with Gasteiger partial charge in [-0.1, -0.05) is 12.8 Å². The molecule has 5 heteroatoms. The average molecular weight is 221 g/mol. The minimum absolute atomic E-state index is 0.0560. The summed E-state index contributed by atoms with van der Waals surface area (Å²) in [5.74, 6) is 1.03. The highest BCUT2D eigenvalue weighted by molar-refractivity contribution is 5.54. The van der Waals surface area contributed by atoms with Crippen LogP contribution in [-0.2, 0) is 0 Å². The summed E-state index contributed by atoms with van der Waals surface area (Å²) in [6.07, 6.45) is 6.55. The van der Waals surface area contributed by atoms with Crippen LogP contribution in [0.3, 0.4) is 0 Å². The first-order chi connectivity index (χ1) is 7.77. The van der Waals surface area contributed by atoms with E-state index in [2.05, 4.69) is 10.3 Å². The average Bonchev–Trinajstić information content (AvgIpc) is 2.79. The van der Waals surface area contributed by atoms with Crippen LogP contribution in [-0.4, -0.2) is 16.5 Å². The van der Waals surface area contributed by atoms with Crippen LogP contribution in [0.15, 0.2) is 18.3 Å². The predicted octanol–water partition coefficient (Wildman–Crippen LogP) is 2.59. The lowest BCUT2D eigenvalue weighted by Crippen LogP contribution is -2.13. The number of nitrogens with zero attached hydrogens (tertiary/aromatic N) is 2. The Bertz CT molecular complexity index is 375. The standard InChI is InChI=1S/C11H15N3O2/c15-14(16)10-6-3-7-12-11(10)13-8-9-4-1-2-5-9/h3,6-7,9H,1-2,4-5,8H2,(H,12,13). The molecule has 2 rings (SSSR count). The van der Waals surface area contributed by atoms with Gasteiger partial charge in [-0.15, -0.1) is 0 Å². The van der Waals surface area contributed by atoms with Crippen molar-refractivity contribution in [2.24, 2.45) is 5.92 Å². The Kier molecular flexibility index (Phi) is 3.34. The van der Waals surface area contributed by atoms with E-state index in [9.17, 15) is 10.1 Å². The fourth-order valence-electron chi connectivity index (χ4n) is 2.14. The number of aromatic nitrogens is 1. The molecule has 1 heterocycles. The molecule has 5 nitrogen and oxygen atoms in total. The van der Waals surface area contributed by atoms with Gasteiger partial charge in [0.05, 0.1) is 4.92 Å². The SMILES string of the molecule is O=[N+]([O-])c1cccnc1NCC1CCCC1. The molecule has 0 saturated heterocycles. The summed E-state index contributed by atoms with van der Waals surface area (Å²) in [6.45, 7) is 0.790. The Balaban J connectivity index is 2.00. The van der Waals surface area contributed by atoms with Crippen LogP contribution in [0.25, 0.3) is 0 Å². The van der Waals surface area contributed by atoms with Crippen molar-refractivity contribution in [2.45, 2.75) is 25.7 Å². The first kappa shape index (κ1) is 10.9. The highest BCUT2D eigenvalue weighted by Gasteiger charge is 2.18. The monoisotopic (exact) mass is 221 g/mol. The fraction of sp³-hybridized carbons (Fsp3) is 0.545. The smallest absolute Gasteiger partial charge is 0.311 e. The van der Waals surface area contributed by atoms with Gasteiger partial charge in [-0.05, 0) is 24.8 Å². The zero-order chi connectivity index (χ0) is 11.4. The molecule has 1 aliphatic carbocycles. The van der Waals surface area contributed by atoms with Gasteiger partial charge in [0.15, 0.2) is 0 Å². The van der Waals surface area contributed by atoms with E-state index in [1.807, 2.05) is 0 Å². The first-order valence-corrected chi connectivity index (χ1v) is 5.60. The molecule has 0 bridgehead atoms. The van der Waals surface area contributed by atoms with E-state index >= 15 is 0 Å². The van der Waals surface area contributed by atoms with Crippen molar-refractivity contribution >= 4 is 11.5 Å². The number of hydrogen-bond acceptors (Lipinski definition) is 4. The molecule has 1 N–H and O–H groups in total. The summed E-state index contributed by atoms with van der Waals surface area (Å²) in [6, 6.07) is 3.06. The van der Waals surface area contributed by atoms with Crippen molar-refractivity contribution in [3.8, 4) is 0 Å². The van der Waals surface area contributed by atoms with Crippen molar-refractivity contribution in [3.63, 3.8) is 0 Å². The molecule has 0 amide bonds. The molecule has 16 heavy (non-hydrogen) atoms. The van der Waals surface area contributed by atoms with Gasteiger partial charge in [-0.25, -0.2) is 4.98 Å². The molecule has 1 aromatic rings. The normalized spacial score (nSPS) is 16.2. The molecule has 0 aromatic carbocycles. The first-order valence-electron chi connectivity index (χ1n) is 5.60. The molecule has 1 aliphatic rings. The lowest BCUT2D eigenvalue weighted by Gasteiger charge is -2.10. The van der Waals surface area contributed by atoms with E-state index in [1.54, 1.807) is 12.3 Å². The highest BCUT2D eigenvalue weighted by atomic mass is 16.6. The van der Waals surface area contributed by atoms with Gasteiger partial charge < -0.3 is 5.32 Å². The molecule has 1 saturated carbocycles. The van der Waals surface area contributed by atoms with E-state index in [4.69, 9.17) is 0 Å². The highest BCUT2D eigenvalue weighted by Crippen LogP contribution is 2.26. The number of rotatable bonds is 4. The van der Waals surface area contributed by atoms with E-state index in [0.29, 0.717) is 11.7 Å². The lowest BCUT2D eigenvalue weighted by molar-refractivity contribution is -0.384. The zero-order valence-corrected chi connectivity index (χ0v) is 9.06. The van der Waals surface area contributed by atoms with E-state index < -0.39 is 4.92 Å². The molecule has 1 aromatic heterocycles. The Morgan fingerprint density at radius 3 is 2.94 bits per heavy atom. The van der Waals surface area contributed by atoms with E-state index in [0.717, 1.165) is 6.54 Å². The topological polar surface area (TPSA) is 68.1 Å². The van der Waals surface area contributed by atoms with Crippen molar-refractivity contribution in [3.05, 3.63) is 28.4 Å². The van der Waals surface area contributed by atoms with Crippen LogP contribution < -0.4 is 5.32 Å². The van der Waals surface area contributed by atoms with Crippen LogP contribution in [0.5, 0.6) is 0 Å². The largest absolute Gasteiger partial charge is 0.364 e. The van der Waals surface area contributed by atoms with E-state index in [-0.39, 0.29) is 5.69 Å². The number of hydrogen-bond donors (Lipinski definition) is 1. The number of nitro groups is 1. The van der Waals surface area contributed by atoms with Crippen LogP contribution in [0, 0.1) is 16.0 Å². The van der Waals surface area contributed by atoms with Crippen molar-refractivity contribution in [2.75, 3.05) is 11.9 Å². The molecule has 0 atom stereocenters. The Morgan fingerprint density at radius 1 is 1.50 bits per heavy atom. The minimum atomic E-state index is -0.399. The lowest BCUT2D eigenvalue weighted by atomic mass is 10.1. The molecule has 0 spiro atoms. The Labute approximate surface area is 94.0 Å². The number of pyridine rings is 1. The minimum Gasteiger partial charge on any atom is -0.364 e. The summed E-state index contributed by atoms with van der Waals surface area (Å²) in [7, 11) is 0. The number of anilines is 1. The predicted molar refractivity (Wildman–Crippen MR) is 61.3 cm³/mol. The van der Waals surface area contributed by atoms with E-state index in [1.165, 1.54) is 31.7 Å². The molecule has 86 valence electrons. The van der Waals surface area contributed by atoms with Gasteiger partial charge in [0.2, 0.25) is 5.82 Å². The van der Waals surface area contributed by atoms with Crippen LogP contribution in [0.2, 0.25) is 0 Å². The summed E-state index contributed by atoms with van der Waals surface area (Å²) < 4.78 is 0. The second kappa shape index (κ2) is 4.92. The second-order valence-electron chi connectivity index (χ2n) is 4.16. The van der Waals surface area contributed by atoms with Crippen LogP contribution in [0.1, 0.15) is 25.7 Å². The van der Waals surface area contributed by atoms with Crippen LogP contribution >= 0.6 is 0 Å². The van der Waals surface area contributed by atoms with Gasteiger partial charge in [0.1, 0.15) is 0 Å². The molecule has 0 unspecified atom stereocenters. The van der Waals surface area contributed by atoms with Crippen molar-refractivity contribution < 1.29 is 4.92 Å². The second-order valence-corrected chi connectivity index (χ2v) is 4.16. The summed E-state index contributed by atoms with van der Waals surface area (Å²) in [4.78, 5) is 14.4.